The van der Waals surface area contributed by atoms with Gasteiger partial charge in [-0.3, -0.25) is 9.79 Å². The van der Waals surface area contributed by atoms with E-state index in [9.17, 15) is 13.6 Å². The molecule has 142 valence electrons. The molecule has 2 aliphatic rings. The van der Waals surface area contributed by atoms with Crippen LogP contribution in [0.5, 0.6) is 0 Å². The van der Waals surface area contributed by atoms with Gasteiger partial charge in [-0.1, -0.05) is 6.08 Å². The molecule has 0 fully saturated rings. The maximum absolute atomic E-state index is 13.9. The number of hydroxylamine groups is 2. The van der Waals surface area contributed by atoms with E-state index >= 15 is 0 Å². The quantitative estimate of drug-likeness (QED) is 0.767. The number of H-pyrrole nitrogens is 1. The average Bonchev–Trinajstić information content (AvgIpc) is 3.08. The van der Waals surface area contributed by atoms with Gasteiger partial charge in [-0.05, 0) is 31.1 Å². The van der Waals surface area contributed by atoms with Crippen molar-refractivity contribution in [2.75, 3.05) is 13.6 Å². The highest BCUT2D eigenvalue weighted by Crippen LogP contribution is 2.21. The lowest BCUT2D eigenvalue weighted by Crippen LogP contribution is -2.32. The van der Waals surface area contributed by atoms with Crippen LogP contribution in [0.1, 0.15) is 18.7 Å². The second kappa shape index (κ2) is 8.09. The number of rotatable bonds is 5. The van der Waals surface area contributed by atoms with E-state index in [1.165, 1.54) is 18.4 Å². The molecule has 1 atom stereocenters. The standard InChI is InChI=1S/C18H19F2N5O2/c1-25-16(6-7-27-25)15(22-9-11-4-2-3-5-12(11)19)8-14(21)17-23-10-13(20)18(26)24-17/h4-8,10,16H,2-3,9,21H2,1H3,(H,23,24,26). The highest BCUT2D eigenvalue weighted by atomic mass is 19.1. The van der Waals surface area contributed by atoms with Gasteiger partial charge in [-0.15, -0.1) is 5.06 Å². The van der Waals surface area contributed by atoms with Gasteiger partial charge in [0.25, 0.3) is 5.56 Å². The molecule has 3 rings (SSSR count). The third-order valence-corrected chi connectivity index (χ3v) is 4.14. The van der Waals surface area contributed by atoms with Crippen LogP contribution in [0.15, 0.2) is 57.9 Å². The Morgan fingerprint density at radius 1 is 1.48 bits per heavy atom. The Hall–Kier alpha value is -3.07. The van der Waals surface area contributed by atoms with Gasteiger partial charge >= 0.3 is 0 Å². The van der Waals surface area contributed by atoms with Crippen LogP contribution < -0.4 is 11.3 Å². The Bertz CT molecular complexity index is 930. The maximum Gasteiger partial charge on any atom is 0.287 e. The highest BCUT2D eigenvalue weighted by Gasteiger charge is 2.23. The van der Waals surface area contributed by atoms with Crippen LogP contribution in [-0.4, -0.2) is 40.4 Å². The molecule has 27 heavy (non-hydrogen) atoms. The van der Waals surface area contributed by atoms with Crippen molar-refractivity contribution in [2.24, 2.45) is 10.7 Å². The zero-order valence-corrected chi connectivity index (χ0v) is 14.7. The van der Waals surface area contributed by atoms with Crippen molar-refractivity contribution in [3.63, 3.8) is 0 Å². The summed E-state index contributed by atoms with van der Waals surface area (Å²) >= 11 is 0. The third-order valence-electron chi connectivity index (χ3n) is 4.14. The number of likely N-dealkylation sites (N-methyl/N-ethyl adjacent to an activating group) is 1. The monoisotopic (exact) mass is 375 g/mol. The Morgan fingerprint density at radius 2 is 2.26 bits per heavy atom. The summed E-state index contributed by atoms with van der Waals surface area (Å²) in [6.45, 7) is 0.132. The lowest BCUT2D eigenvalue weighted by molar-refractivity contribution is -0.0629. The topological polar surface area (TPSA) is 96.6 Å². The highest BCUT2D eigenvalue weighted by molar-refractivity contribution is 6.04. The van der Waals surface area contributed by atoms with E-state index < -0.39 is 11.4 Å². The number of nitrogens with zero attached hydrogens (tertiary/aromatic N) is 3. The second-order valence-corrected chi connectivity index (χ2v) is 6.03. The van der Waals surface area contributed by atoms with E-state index in [2.05, 4.69) is 15.0 Å². The van der Waals surface area contributed by atoms with Crippen molar-refractivity contribution in [1.29, 1.82) is 0 Å². The minimum Gasteiger partial charge on any atom is -0.413 e. The molecular weight excluding hydrogens is 356 g/mol. The van der Waals surface area contributed by atoms with Crippen LogP contribution >= 0.6 is 0 Å². The van der Waals surface area contributed by atoms with Gasteiger partial charge in [0.05, 0.1) is 24.2 Å². The largest absolute Gasteiger partial charge is 0.413 e. The molecule has 1 unspecified atom stereocenters. The van der Waals surface area contributed by atoms with Gasteiger partial charge < -0.3 is 15.6 Å². The molecule has 1 aromatic rings. The summed E-state index contributed by atoms with van der Waals surface area (Å²) in [5.74, 6) is -1.26. The number of allylic oxidation sites excluding steroid dienone is 2. The molecule has 7 nitrogen and oxygen atoms in total. The first-order valence-electron chi connectivity index (χ1n) is 8.33. The third kappa shape index (κ3) is 4.37. The SMILES string of the molecule is CN1OC=CC1C(C=C(N)c1ncc(F)c(=O)[nH]1)=NCC1=CCCC=C1F. The van der Waals surface area contributed by atoms with E-state index in [1.807, 2.05) is 6.08 Å². The number of nitrogens with two attached hydrogens (primary N) is 1. The Morgan fingerprint density at radius 3 is 2.93 bits per heavy atom. The number of hydrogen-bond donors (Lipinski definition) is 2. The van der Waals surface area contributed by atoms with Crippen molar-refractivity contribution < 1.29 is 13.6 Å². The van der Waals surface area contributed by atoms with Crippen molar-refractivity contribution in [3.8, 4) is 0 Å². The zero-order valence-electron chi connectivity index (χ0n) is 14.7. The minimum absolute atomic E-state index is 0.0163. The average molecular weight is 375 g/mol. The Kier molecular flexibility index (Phi) is 5.60. The number of aromatic nitrogens is 2. The molecule has 0 radical (unpaired) electrons. The molecular formula is C18H19F2N5O2. The van der Waals surface area contributed by atoms with Gasteiger partial charge in [0.15, 0.2) is 5.82 Å². The summed E-state index contributed by atoms with van der Waals surface area (Å²) in [6, 6.07) is -0.355. The fourth-order valence-corrected chi connectivity index (χ4v) is 2.67. The van der Waals surface area contributed by atoms with Crippen LogP contribution in [-0.2, 0) is 4.84 Å². The van der Waals surface area contributed by atoms with Crippen molar-refractivity contribution in [1.82, 2.24) is 15.0 Å². The first-order valence-corrected chi connectivity index (χ1v) is 8.33. The van der Waals surface area contributed by atoms with Crippen molar-refractivity contribution in [3.05, 3.63) is 70.2 Å². The predicted molar refractivity (Wildman–Crippen MR) is 97.6 cm³/mol. The molecule has 3 N–H and O–H groups in total. The number of aliphatic imine (C=N–C) groups is 1. The molecule has 1 aromatic heterocycles. The van der Waals surface area contributed by atoms with Crippen LogP contribution in [0, 0.1) is 5.82 Å². The summed E-state index contributed by atoms with van der Waals surface area (Å²) in [7, 11) is 1.71. The molecule has 0 bridgehead atoms. The molecule has 1 aliphatic heterocycles. The van der Waals surface area contributed by atoms with E-state index in [0.29, 0.717) is 17.7 Å². The van der Waals surface area contributed by atoms with E-state index in [4.69, 9.17) is 10.6 Å². The maximum atomic E-state index is 13.9. The Balaban J connectivity index is 1.92. The van der Waals surface area contributed by atoms with Crippen molar-refractivity contribution in [2.45, 2.75) is 18.9 Å². The molecule has 0 saturated carbocycles. The predicted octanol–water partition coefficient (Wildman–Crippen LogP) is 1.98. The summed E-state index contributed by atoms with van der Waals surface area (Å²) in [5.41, 5.74) is 6.16. The fraction of sp³-hybridized carbons (Fsp3) is 0.278. The van der Waals surface area contributed by atoms with Gasteiger partial charge in [-0.25, -0.2) is 9.37 Å². The summed E-state index contributed by atoms with van der Waals surface area (Å²) in [6.07, 6.45) is 10.3. The summed E-state index contributed by atoms with van der Waals surface area (Å²) in [4.78, 5) is 27.2. The molecule has 9 heteroatoms. The first-order chi connectivity index (χ1) is 13.0. The van der Waals surface area contributed by atoms with Gasteiger partial charge in [0.1, 0.15) is 18.1 Å². The first kappa shape index (κ1) is 18.7. The van der Waals surface area contributed by atoms with E-state index in [1.54, 1.807) is 18.2 Å². The Labute approximate surface area is 154 Å². The lowest BCUT2D eigenvalue weighted by atomic mass is 10.1. The van der Waals surface area contributed by atoms with Crippen LogP contribution in [0.25, 0.3) is 5.70 Å². The minimum atomic E-state index is -1.00. The van der Waals surface area contributed by atoms with Crippen LogP contribution in [0.2, 0.25) is 0 Å². The molecule has 0 spiro atoms. The van der Waals surface area contributed by atoms with Crippen LogP contribution in [0.4, 0.5) is 8.78 Å². The van der Waals surface area contributed by atoms with Gasteiger partial charge in [-0.2, -0.15) is 4.39 Å². The lowest BCUT2D eigenvalue weighted by Gasteiger charge is -2.18. The number of aromatic amines is 1. The molecule has 2 heterocycles. The number of hydrogen-bond acceptors (Lipinski definition) is 6. The molecule has 1 aliphatic carbocycles. The normalized spacial score (nSPS) is 21.1. The second-order valence-electron chi connectivity index (χ2n) is 6.03. The van der Waals surface area contributed by atoms with E-state index in [0.717, 1.165) is 12.6 Å². The summed E-state index contributed by atoms with van der Waals surface area (Å²) in [5, 5.41) is 1.55. The molecule has 0 amide bonds. The van der Waals surface area contributed by atoms with Crippen LogP contribution in [0.3, 0.4) is 0 Å². The summed E-state index contributed by atoms with van der Waals surface area (Å²) < 4.78 is 27.0. The van der Waals surface area contributed by atoms with E-state index in [-0.39, 0.29) is 29.9 Å². The van der Waals surface area contributed by atoms with Gasteiger partial charge in [0.2, 0.25) is 5.82 Å². The smallest absolute Gasteiger partial charge is 0.287 e. The molecule has 0 saturated heterocycles. The number of halogens is 2. The van der Waals surface area contributed by atoms with Crippen molar-refractivity contribution >= 4 is 11.4 Å². The molecule has 0 aromatic carbocycles. The zero-order chi connectivity index (χ0) is 19.4. The van der Waals surface area contributed by atoms with Gasteiger partial charge in [0, 0.05) is 12.6 Å². The number of nitrogens with one attached hydrogen (secondary N) is 1. The fourth-order valence-electron chi connectivity index (χ4n) is 2.67.